The third-order valence-electron chi connectivity index (χ3n) is 1.50. The van der Waals surface area contributed by atoms with Crippen LogP contribution in [-0.4, -0.2) is 0 Å². The Labute approximate surface area is 93.8 Å². The molecule has 12 heavy (non-hydrogen) atoms. The predicted octanol–water partition coefficient (Wildman–Crippen LogP) is 3.65. The van der Waals surface area contributed by atoms with E-state index in [1.807, 2.05) is 0 Å². The SMILES string of the molecule is Nc1c(Br)sc2c(N)c(Br)sc12. The molecule has 0 aliphatic heterocycles. The van der Waals surface area contributed by atoms with Crippen molar-refractivity contribution in [3.63, 3.8) is 0 Å². The summed E-state index contributed by atoms with van der Waals surface area (Å²) in [7, 11) is 0. The van der Waals surface area contributed by atoms with Crippen LogP contribution in [0.5, 0.6) is 0 Å². The van der Waals surface area contributed by atoms with Gasteiger partial charge in [0.05, 0.1) is 28.3 Å². The first-order valence-electron chi connectivity index (χ1n) is 3.02. The molecule has 0 amide bonds. The number of nitrogen functional groups attached to an aromatic ring is 2. The minimum Gasteiger partial charge on any atom is -0.396 e. The Morgan fingerprint density at radius 1 is 0.833 bits per heavy atom. The van der Waals surface area contributed by atoms with Gasteiger partial charge >= 0.3 is 0 Å². The monoisotopic (exact) mass is 326 g/mol. The van der Waals surface area contributed by atoms with Gasteiger partial charge in [0.15, 0.2) is 0 Å². The molecular weight excluding hydrogens is 324 g/mol. The summed E-state index contributed by atoms with van der Waals surface area (Å²) in [5, 5.41) is 0. The normalized spacial score (nSPS) is 11.2. The van der Waals surface area contributed by atoms with Crippen molar-refractivity contribution >= 4 is 75.3 Å². The zero-order valence-electron chi connectivity index (χ0n) is 5.73. The molecule has 0 aromatic carbocycles. The van der Waals surface area contributed by atoms with Gasteiger partial charge in [0, 0.05) is 0 Å². The average molecular weight is 328 g/mol. The van der Waals surface area contributed by atoms with Crippen LogP contribution in [0.4, 0.5) is 11.4 Å². The first kappa shape index (κ1) is 8.80. The lowest BCUT2D eigenvalue weighted by molar-refractivity contribution is 1.93. The summed E-state index contributed by atoms with van der Waals surface area (Å²) < 4.78 is 4.05. The standard InChI is InChI=1S/C6H4Br2N2S2/c7-5-1(9)3-4(12-5)2(10)6(8)11-3/h9-10H2. The van der Waals surface area contributed by atoms with Gasteiger partial charge in [-0.1, -0.05) is 0 Å². The summed E-state index contributed by atoms with van der Waals surface area (Å²) in [6, 6.07) is 0. The van der Waals surface area contributed by atoms with Gasteiger partial charge in [-0.25, -0.2) is 0 Å². The number of halogens is 2. The summed E-state index contributed by atoms with van der Waals surface area (Å²) in [6.07, 6.45) is 0. The second kappa shape index (κ2) is 2.87. The maximum atomic E-state index is 5.82. The molecule has 0 atom stereocenters. The second-order valence-corrected chi connectivity index (χ2v) is 6.91. The highest BCUT2D eigenvalue weighted by atomic mass is 79.9. The van der Waals surface area contributed by atoms with Gasteiger partial charge < -0.3 is 11.5 Å². The second-order valence-electron chi connectivity index (χ2n) is 2.24. The van der Waals surface area contributed by atoms with Crippen LogP contribution in [0.3, 0.4) is 0 Å². The van der Waals surface area contributed by atoms with Crippen molar-refractivity contribution < 1.29 is 0 Å². The molecule has 0 radical (unpaired) electrons. The summed E-state index contributed by atoms with van der Waals surface area (Å²) in [4.78, 5) is 0. The van der Waals surface area contributed by atoms with Crippen LogP contribution < -0.4 is 11.5 Å². The zero-order chi connectivity index (χ0) is 8.88. The minimum atomic E-state index is 0.789. The van der Waals surface area contributed by atoms with E-state index in [1.165, 1.54) is 0 Å². The van der Waals surface area contributed by atoms with E-state index in [-0.39, 0.29) is 0 Å². The number of hydrogen-bond acceptors (Lipinski definition) is 4. The Balaban J connectivity index is 2.93. The molecule has 2 rings (SSSR count). The fourth-order valence-corrected chi connectivity index (χ4v) is 4.54. The van der Waals surface area contributed by atoms with Crippen molar-refractivity contribution in [1.29, 1.82) is 0 Å². The highest BCUT2D eigenvalue weighted by molar-refractivity contribution is 9.11. The summed E-state index contributed by atoms with van der Waals surface area (Å²) >= 11 is 9.90. The molecule has 0 aliphatic carbocycles. The Morgan fingerprint density at radius 3 is 1.50 bits per heavy atom. The first-order chi connectivity index (χ1) is 5.61. The molecule has 0 fully saturated rings. The Morgan fingerprint density at radius 2 is 1.17 bits per heavy atom. The van der Waals surface area contributed by atoms with E-state index < -0.39 is 0 Å². The first-order valence-corrected chi connectivity index (χ1v) is 6.24. The zero-order valence-corrected chi connectivity index (χ0v) is 10.5. The van der Waals surface area contributed by atoms with Crippen molar-refractivity contribution in [1.82, 2.24) is 0 Å². The van der Waals surface area contributed by atoms with Gasteiger partial charge in [0.25, 0.3) is 0 Å². The quantitative estimate of drug-likeness (QED) is 0.776. The van der Waals surface area contributed by atoms with E-state index in [0.29, 0.717) is 0 Å². The maximum absolute atomic E-state index is 5.82. The van der Waals surface area contributed by atoms with Crippen LogP contribution in [-0.2, 0) is 0 Å². The fourth-order valence-electron chi connectivity index (χ4n) is 0.915. The molecule has 64 valence electrons. The van der Waals surface area contributed by atoms with Gasteiger partial charge in [0.1, 0.15) is 0 Å². The van der Waals surface area contributed by atoms with Crippen molar-refractivity contribution in [2.24, 2.45) is 0 Å². The molecule has 0 bridgehead atoms. The van der Waals surface area contributed by atoms with Gasteiger partial charge in [-0.2, -0.15) is 0 Å². The van der Waals surface area contributed by atoms with Gasteiger partial charge in [-0.3, -0.25) is 0 Å². The summed E-state index contributed by atoms with van der Waals surface area (Å²) in [5.41, 5.74) is 13.2. The molecule has 4 N–H and O–H groups in total. The molecule has 2 nitrogen and oxygen atoms in total. The van der Waals surface area contributed by atoms with Crippen LogP contribution in [0, 0.1) is 0 Å². The smallest absolute Gasteiger partial charge is 0.0949 e. The molecule has 0 saturated heterocycles. The van der Waals surface area contributed by atoms with Crippen LogP contribution in [0.25, 0.3) is 9.40 Å². The van der Waals surface area contributed by atoms with Crippen LogP contribution in [0.2, 0.25) is 0 Å². The molecule has 0 spiro atoms. The highest BCUT2D eigenvalue weighted by Gasteiger charge is 2.14. The van der Waals surface area contributed by atoms with E-state index in [1.54, 1.807) is 22.7 Å². The van der Waals surface area contributed by atoms with E-state index in [4.69, 9.17) is 11.5 Å². The number of rotatable bonds is 0. The topological polar surface area (TPSA) is 52.0 Å². The lowest BCUT2D eigenvalue weighted by atomic mass is 10.4. The van der Waals surface area contributed by atoms with Crippen molar-refractivity contribution in [2.45, 2.75) is 0 Å². The lowest BCUT2D eigenvalue weighted by Gasteiger charge is -1.85. The predicted molar refractivity (Wildman–Crippen MR) is 63.9 cm³/mol. The highest BCUT2D eigenvalue weighted by Crippen LogP contribution is 2.48. The Kier molecular flexibility index (Phi) is 2.10. The molecule has 2 aromatic heterocycles. The molecule has 0 saturated carbocycles. The largest absolute Gasteiger partial charge is 0.396 e. The van der Waals surface area contributed by atoms with Gasteiger partial charge in [-0.15, -0.1) is 22.7 Å². The van der Waals surface area contributed by atoms with Gasteiger partial charge in [-0.05, 0) is 31.9 Å². The molecule has 2 aromatic rings. The number of anilines is 2. The van der Waals surface area contributed by atoms with Crippen molar-refractivity contribution in [3.8, 4) is 0 Å². The van der Waals surface area contributed by atoms with Crippen LogP contribution in [0.15, 0.2) is 7.57 Å². The minimum absolute atomic E-state index is 0.789. The number of thiophene rings is 2. The summed E-state index contributed by atoms with van der Waals surface area (Å²) in [5.74, 6) is 0. The Bertz CT molecular complexity index is 404. The van der Waals surface area contributed by atoms with Crippen molar-refractivity contribution in [3.05, 3.63) is 7.57 Å². The van der Waals surface area contributed by atoms with Crippen LogP contribution >= 0.6 is 54.5 Å². The maximum Gasteiger partial charge on any atom is 0.0949 e. The van der Waals surface area contributed by atoms with Crippen LogP contribution in [0.1, 0.15) is 0 Å². The third-order valence-corrected chi connectivity index (χ3v) is 5.51. The average Bonchev–Trinajstić information content (AvgIpc) is 2.43. The Hall–Kier alpha value is 0.220. The number of nitrogens with two attached hydrogens (primary N) is 2. The molecular formula is C6H4Br2N2S2. The fraction of sp³-hybridized carbons (Fsp3) is 0. The lowest BCUT2D eigenvalue weighted by Crippen LogP contribution is -1.79. The number of fused-ring (bicyclic) bond motifs is 1. The van der Waals surface area contributed by atoms with E-state index in [2.05, 4.69) is 31.9 Å². The van der Waals surface area contributed by atoms with E-state index in [0.717, 1.165) is 28.3 Å². The van der Waals surface area contributed by atoms with E-state index >= 15 is 0 Å². The van der Waals surface area contributed by atoms with E-state index in [9.17, 15) is 0 Å². The van der Waals surface area contributed by atoms with Crippen molar-refractivity contribution in [2.75, 3.05) is 11.5 Å². The number of hydrogen-bond donors (Lipinski definition) is 2. The molecule has 0 aliphatic rings. The van der Waals surface area contributed by atoms with Gasteiger partial charge in [0.2, 0.25) is 0 Å². The molecule has 2 heterocycles. The third kappa shape index (κ3) is 1.09. The molecule has 0 unspecified atom stereocenters. The summed E-state index contributed by atoms with van der Waals surface area (Å²) in [6.45, 7) is 0. The molecule has 6 heteroatoms.